The summed E-state index contributed by atoms with van der Waals surface area (Å²) in [7, 11) is 3.78. The average Bonchev–Trinajstić information content (AvgIpc) is 3.60. The number of nitrogens with zero attached hydrogens (tertiary/aromatic N) is 3. The maximum atomic E-state index is 14.2. The zero-order valence-electron chi connectivity index (χ0n) is 31.9. The highest BCUT2D eigenvalue weighted by Gasteiger charge is 2.37. The van der Waals surface area contributed by atoms with Crippen LogP contribution < -0.4 is 10.6 Å². The van der Waals surface area contributed by atoms with Crippen molar-refractivity contribution in [3.8, 4) is 0 Å². The first kappa shape index (κ1) is 42.1. The predicted octanol–water partition coefficient (Wildman–Crippen LogP) is 5.95. The summed E-state index contributed by atoms with van der Waals surface area (Å²) in [4.78, 5) is 61.4. The van der Waals surface area contributed by atoms with Gasteiger partial charge in [0, 0.05) is 37.5 Å². The van der Waals surface area contributed by atoms with E-state index >= 15 is 0 Å². The third kappa shape index (κ3) is 12.4. The molecule has 0 saturated carbocycles. The molecule has 51 heavy (non-hydrogen) atoms. The molecule has 1 unspecified atom stereocenters. The van der Waals surface area contributed by atoms with Crippen molar-refractivity contribution in [2.24, 2.45) is 17.8 Å². The third-order valence-electron chi connectivity index (χ3n) is 10.2. The number of piperidine rings is 1. The molecule has 1 aromatic heterocycles. The summed E-state index contributed by atoms with van der Waals surface area (Å²) in [5.41, 5.74) is 1.25. The number of carbonyl (C=O) groups is 4. The molecule has 2 heterocycles. The van der Waals surface area contributed by atoms with Crippen LogP contribution in [0.5, 0.6) is 0 Å². The number of likely N-dealkylation sites (tertiary alicyclic amines) is 1. The number of rotatable bonds is 20. The molecule has 1 aliphatic heterocycles. The van der Waals surface area contributed by atoms with Crippen molar-refractivity contribution in [1.82, 2.24) is 25.4 Å². The van der Waals surface area contributed by atoms with E-state index in [1.807, 2.05) is 65.2 Å². The summed E-state index contributed by atoms with van der Waals surface area (Å²) in [6, 6.07) is 8.17. The number of hydrogen-bond acceptors (Lipinski definition) is 8. The van der Waals surface area contributed by atoms with Gasteiger partial charge in [-0.15, -0.1) is 11.3 Å². The fraction of sp³-hybridized carbons (Fsp3) is 0.667. The summed E-state index contributed by atoms with van der Waals surface area (Å²) in [5.74, 6) is -2.11. The van der Waals surface area contributed by atoms with E-state index in [0.29, 0.717) is 24.5 Å². The largest absolute Gasteiger partial charge is 0.481 e. The SMILES string of the molecule is CCCO[C@H](C[C@H](C(C)C)N(C)C(=O)[C@@H](NC(=O)C1CCCCN1C)[C@@H](C)CC)c1nc(C(=O)N[C@@H](Cc2ccccc2)C[C@H](C)C(=O)O)cs1. The molecule has 3 N–H and O–H groups in total. The lowest BCUT2D eigenvalue weighted by molar-refractivity contribution is -0.141. The summed E-state index contributed by atoms with van der Waals surface area (Å²) < 4.78 is 6.34. The minimum Gasteiger partial charge on any atom is -0.481 e. The average molecular weight is 728 g/mol. The number of nitrogens with one attached hydrogen (secondary N) is 2. The Balaban J connectivity index is 1.80. The Kier molecular flexibility index (Phi) is 17.0. The van der Waals surface area contributed by atoms with E-state index in [1.54, 1.807) is 17.2 Å². The van der Waals surface area contributed by atoms with Crippen molar-refractivity contribution in [2.75, 3.05) is 27.2 Å². The Morgan fingerprint density at radius 2 is 1.76 bits per heavy atom. The Hall–Kier alpha value is -3.35. The highest BCUT2D eigenvalue weighted by Crippen LogP contribution is 2.31. The molecular weight excluding hydrogens is 667 g/mol. The van der Waals surface area contributed by atoms with Crippen molar-refractivity contribution in [2.45, 2.75) is 123 Å². The van der Waals surface area contributed by atoms with Gasteiger partial charge in [0.1, 0.15) is 22.8 Å². The van der Waals surface area contributed by atoms with Gasteiger partial charge in [-0.05, 0) is 63.1 Å². The number of aromatic nitrogens is 1. The van der Waals surface area contributed by atoms with Crippen LogP contribution in [-0.4, -0.2) is 95.0 Å². The van der Waals surface area contributed by atoms with Crippen molar-refractivity contribution in [3.05, 3.63) is 52.0 Å². The maximum Gasteiger partial charge on any atom is 0.306 e. The van der Waals surface area contributed by atoms with Crippen LogP contribution in [0.3, 0.4) is 0 Å². The first-order chi connectivity index (χ1) is 24.3. The first-order valence-corrected chi connectivity index (χ1v) is 19.6. The molecular formula is C39H61N5O6S. The highest BCUT2D eigenvalue weighted by atomic mass is 32.1. The van der Waals surface area contributed by atoms with Gasteiger partial charge in [0.05, 0.1) is 12.0 Å². The van der Waals surface area contributed by atoms with E-state index in [0.717, 1.165) is 44.2 Å². The van der Waals surface area contributed by atoms with E-state index in [2.05, 4.69) is 29.4 Å². The minimum absolute atomic E-state index is 0.0537. The molecule has 3 rings (SSSR count). The zero-order valence-corrected chi connectivity index (χ0v) is 32.7. The van der Waals surface area contributed by atoms with Crippen LogP contribution >= 0.6 is 11.3 Å². The van der Waals surface area contributed by atoms with Gasteiger partial charge >= 0.3 is 5.97 Å². The molecule has 2 aromatic rings. The standard InChI is InChI=1S/C39H61N5O6S/c1-9-20-50-33(37-41-30(24-51-37)35(45)40-29(21-27(6)39(48)49)22-28-16-12-11-13-17-28)23-32(25(3)4)44(8)38(47)34(26(5)10-2)42-36(46)31-18-14-15-19-43(31)7/h11-13,16-17,24-27,29,31-34H,9-10,14-15,18-23H2,1-8H3,(H,40,45)(H,42,46)(H,48,49)/t26-,27-,29+,31?,32+,33+,34-/m0/s1. The van der Waals surface area contributed by atoms with Crippen LogP contribution in [0.25, 0.3) is 0 Å². The van der Waals surface area contributed by atoms with Crippen LogP contribution in [-0.2, 0) is 25.5 Å². The zero-order chi connectivity index (χ0) is 37.7. The second-order valence-corrected chi connectivity index (χ2v) is 15.5. The Labute approximate surface area is 308 Å². The molecule has 1 saturated heterocycles. The van der Waals surface area contributed by atoms with E-state index in [-0.39, 0.29) is 53.8 Å². The van der Waals surface area contributed by atoms with E-state index in [1.165, 1.54) is 11.3 Å². The summed E-state index contributed by atoms with van der Waals surface area (Å²) in [5, 5.41) is 18.1. The van der Waals surface area contributed by atoms with Crippen molar-refractivity contribution in [3.63, 3.8) is 0 Å². The molecule has 1 aromatic carbocycles. The summed E-state index contributed by atoms with van der Waals surface area (Å²) in [6.45, 7) is 13.2. The number of hydrogen-bond donors (Lipinski definition) is 3. The lowest BCUT2D eigenvalue weighted by Gasteiger charge is -2.38. The number of aliphatic carboxylic acids is 1. The van der Waals surface area contributed by atoms with Crippen LogP contribution in [0.4, 0.5) is 0 Å². The highest BCUT2D eigenvalue weighted by molar-refractivity contribution is 7.09. The van der Waals surface area contributed by atoms with E-state index in [4.69, 9.17) is 9.72 Å². The topological polar surface area (TPSA) is 141 Å². The van der Waals surface area contributed by atoms with Crippen molar-refractivity contribution in [1.29, 1.82) is 0 Å². The fourth-order valence-corrected chi connectivity index (χ4v) is 7.60. The monoisotopic (exact) mass is 727 g/mol. The molecule has 1 fully saturated rings. The van der Waals surface area contributed by atoms with Gasteiger partial charge in [-0.25, -0.2) is 4.98 Å². The molecule has 12 heteroatoms. The van der Waals surface area contributed by atoms with Crippen LogP contribution in [0.2, 0.25) is 0 Å². The van der Waals surface area contributed by atoms with E-state index < -0.39 is 30.1 Å². The number of carbonyl (C=O) groups excluding carboxylic acids is 3. The second-order valence-electron chi connectivity index (χ2n) is 14.6. The smallest absolute Gasteiger partial charge is 0.306 e. The number of thiazole rings is 1. The quantitative estimate of drug-likeness (QED) is 0.152. The molecule has 284 valence electrons. The minimum atomic E-state index is -0.910. The summed E-state index contributed by atoms with van der Waals surface area (Å²) >= 11 is 1.34. The van der Waals surface area contributed by atoms with Crippen LogP contribution in [0, 0.1) is 17.8 Å². The Bertz CT molecular complexity index is 1400. The maximum absolute atomic E-state index is 14.2. The number of benzene rings is 1. The number of amides is 3. The summed E-state index contributed by atoms with van der Waals surface area (Å²) in [6.07, 6.45) is 5.16. The number of carboxylic acid groups (broad SMARTS) is 1. The fourth-order valence-electron chi connectivity index (χ4n) is 6.74. The van der Waals surface area contributed by atoms with Crippen LogP contribution in [0.1, 0.15) is 114 Å². The number of ether oxygens (including phenoxy) is 1. The third-order valence-corrected chi connectivity index (χ3v) is 11.1. The van der Waals surface area contributed by atoms with Crippen molar-refractivity contribution >= 4 is 35.0 Å². The number of carboxylic acids is 1. The second kappa shape index (κ2) is 20.6. The molecule has 3 amide bonds. The van der Waals surface area contributed by atoms with Gasteiger partial charge in [0.2, 0.25) is 11.8 Å². The van der Waals surface area contributed by atoms with E-state index in [9.17, 15) is 24.3 Å². The number of likely N-dealkylation sites (N-methyl/N-ethyl adjacent to an activating group) is 2. The molecule has 0 aliphatic carbocycles. The van der Waals surface area contributed by atoms with Gasteiger partial charge in [-0.3, -0.25) is 24.1 Å². The van der Waals surface area contributed by atoms with Gasteiger partial charge in [-0.2, -0.15) is 0 Å². The normalized spacial score (nSPS) is 18.6. The predicted molar refractivity (Wildman–Crippen MR) is 202 cm³/mol. The van der Waals surface area contributed by atoms with Gasteiger partial charge in [0.25, 0.3) is 5.91 Å². The van der Waals surface area contributed by atoms with Crippen LogP contribution in [0.15, 0.2) is 35.7 Å². The lowest BCUT2D eigenvalue weighted by atomic mass is 9.92. The molecule has 0 bridgehead atoms. The first-order valence-electron chi connectivity index (χ1n) is 18.7. The Morgan fingerprint density at radius 3 is 2.37 bits per heavy atom. The molecule has 1 aliphatic rings. The van der Waals surface area contributed by atoms with Gasteiger partial charge in [0.15, 0.2) is 0 Å². The molecule has 0 radical (unpaired) electrons. The molecule has 7 atom stereocenters. The van der Waals surface area contributed by atoms with Gasteiger partial charge in [-0.1, -0.05) is 84.7 Å². The van der Waals surface area contributed by atoms with Gasteiger partial charge < -0.3 is 25.4 Å². The molecule has 0 spiro atoms. The Morgan fingerprint density at radius 1 is 1.06 bits per heavy atom. The lowest BCUT2D eigenvalue weighted by Crippen LogP contribution is -2.58. The molecule has 11 nitrogen and oxygen atoms in total. The van der Waals surface area contributed by atoms with Crippen molar-refractivity contribution < 1.29 is 29.0 Å².